The lowest BCUT2D eigenvalue weighted by Gasteiger charge is -2.20. The van der Waals surface area contributed by atoms with Gasteiger partial charge in [-0.25, -0.2) is 4.57 Å². The number of hydrogen-bond acceptors (Lipinski definition) is 8. The Hall–Kier alpha value is -2.29. The van der Waals surface area contributed by atoms with Crippen molar-refractivity contribution in [3.8, 4) is 0 Å². The van der Waals surface area contributed by atoms with Gasteiger partial charge in [0, 0.05) is 19.4 Å². The molecule has 0 rings (SSSR count). The van der Waals surface area contributed by atoms with Crippen LogP contribution >= 0.6 is 7.82 Å². The number of phosphoric acid groups is 1. The van der Waals surface area contributed by atoms with Gasteiger partial charge in [-0.05, 0) is 90.5 Å². The van der Waals surface area contributed by atoms with Crippen LogP contribution in [0.3, 0.4) is 0 Å². The third-order valence-corrected chi connectivity index (χ3v) is 9.59. The zero-order valence-electron chi connectivity index (χ0n) is 34.4. The second-order valence-electron chi connectivity index (χ2n) is 13.8. The monoisotopic (exact) mass is 780 g/mol. The summed E-state index contributed by atoms with van der Waals surface area (Å²) in [6.45, 7) is 4.11. The summed E-state index contributed by atoms with van der Waals surface area (Å²) in [4.78, 5) is 35.0. The predicted octanol–water partition coefficient (Wildman–Crippen LogP) is 12.0. The number of hydrogen-bond donors (Lipinski definition) is 2. The molecule has 0 amide bonds. The fourth-order valence-electron chi connectivity index (χ4n) is 5.35. The summed E-state index contributed by atoms with van der Waals surface area (Å²) >= 11 is 0. The molecule has 10 heteroatoms. The average Bonchev–Trinajstić information content (AvgIpc) is 3.15. The first-order chi connectivity index (χ1) is 26.3. The summed E-state index contributed by atoms with van der Waals surface area (Å²) in [6, 6.07) is 0. The SMILES string of the molecule is CCCCC/C=C\C/C=C\C/C=C\CCCCCCC(=O)OCC(COP(=O)(O)OCCNC)OC(=O)CCCCCCC/C=C\C/C=C\CCCCC. The van der Waals surface area contributed by atoms with E-state index in [1.807, 2.05) is 0 Å². The first-order valence-electron chi connectivity index (χ1n) is 21.2. The van der Waals surface area contributed by atoms with Crippen molar-refractivity contribution < 1.29 is 37.6 Å². The molecule has 2 atom stereocenters. The number of esters is 2. The minimum absolute atomic E-state index is 0.0263. The molecule has 2 N–H and O–H groups in total. The van der Waals surface area contributed by atoms with Gasteiger partial charge in [0.15, 0.2) is 6.10 Å². The Balaban J connectivity index is 4.32. The Kier molecular flexibility index (Phi) is 38.7. The van der Waals surface area contributed by atoms with Crippen LogP contribution in [0.1, 0.15) is 168 Å². The van der Waals surface area contributed by atoms with E-state index in [2.05, 4.69) is 79.9 Å². The normalized spacial score (nSPS) is 13.9. The molecule has 0 radical (unpaired) electrons. The lowest BCUT2D eigenvalue weighted by atomic mass is 10.1. The van der Waals surface area contributed by atoms with Gasteiger partial charge in [0.2, 0.25) is 0 Å². The Morgan fingerprint density at radius 3 is 1.48 bits per heavy atom. The fraction of sp³-hybridized carbons (Fsp3) is 0.727. The van der Waals surface area contributed by atoms with E-state index >= 15 is 0 Å². The van der Waals surface area contributed by atoms with Crippen molar-refractivity contribution in [3.63, 3.8) is 0 Å². The van der Waals surface area contributed by atoms with Crippen molar-refractivity contribution in [2.24, 2.45) is 0 Å². The molecule has 0 fully saturated rings. The second kappa shape index (κ2) is 40.4. The fourth-order valence-corrected chi connectivity index (χ4v) is 6.10. The molecule has 0 spiro atoms. The molecule has 0 bridgehead atoms. The first kappa shape index (κ1) is 51.7. The number of ether oxygens (including phenoxy) is 2. The van der Waals surface area contributed by atoms with Gasteiger partial charge in [-0.3, -0.25) is 18.6 Å². The van der Waals surface area contributed by atoms with Crippen LogP contribution in [-0.4, -0.2) is 56.3 Å². The molecule has 0 aromatic rings. The van der Waals surface area contributed by atoms with Crippen LogP contribution < -0.4 is 5.32 Å². The van der Waals surface area contributed by atoms with Gasteiger partial charge in [-0.15, -0.1) is 0 Å². The average molecular weight is 780 g/mol. The molecule has 0 aromatic carbocycles. The van der Waals surface area contributed by atoms with Crippen LogP contribution in [0.25, 0.3) is 0 Å². The molecule has 312 valence electrons. The standard InChI is InChI=1S/C44H78NO8P/c1-4-6-8-10-12-14-16-18-20-21-23-24-26-28-30-32-34-36-43(46)50-40-42(41-52-54(48,49)51-39-38-45-3)53-44(47)37-35-33-31-29-27-25-22-19-17-15-13-11-9-7-5-2/h12-15,18-20,22-24,42,45H,4-11,16-17,21,25-41H2,1-3H3,(H,48,49)/b14-12-,15-13-,20-18-,22-19-,24-23-. The van der Waals surface area contributed by atoms with Crippen LogP contribution in [0, 0.1) is 0 Å². The molecular weight excluding hydrogens is 701 g/mol. The number of unbranched alkanes of at least 4 members (excludes halogenated alkanes) is 15. The highest BCUT2D eigenvalue weighted by molar-refractivity contribution is 7.47. The minimum atomic E-state index is -4.36. The summed E-state index contributed by atoms with van der Waals surface area (Å²) in [5, 5.41) is 2.82. The number of nitrogens with one attached hydrogen (secondary N) is 1. The molecule has 9 nitrogen and oxygen atoms in total. The van der Waals surface area contributed by atoms with E-state index in [4.69, 9.17) is 18.5 Å². The zero-order valence-corrected chi connectivity index (χ0v) is 35.3. The molecule has 2 unspecified atom stereocenters. The maximum atomic E-state index is 12.6. The molecule has 0 heterocycles. The maximum absolute atomic E-state index is 12.6. The first-order valence-corrected chi connectivity index (χ1v) is 22.7. The number of allylic oxidation sites excluding steroid dienone is 10. The van der Waals surface area contributed by atoms with Crippen molar-refractivity contribution in [1.29, 1.82) is 0 Å². The maximum Gasteiger partial charge on any atom is 0.472 e. The van der Waals surface area contributed by atoms with E-state index in [0.29, 0.717) is 19.4 Å². The molecule has 0 aliphatic heterocycles. The second-order valence-corrected chi connectivity index (χ2v) is 15.3. The van der Waals surface area contributed by atoms with Crippen LogP contribution in [0.4, 0.5) is 0 Å². The molecule has 0 saturated carbocycles. The van der Waals surface area contributed by atoms with Gasteiger partial charge in [0.25, 0.3) is 0 Å². The van der Waals surface area contributed by atoms with Gasteiger partial charge in [-0.1, -0.05) is 132 Å². The van der Waals surface area contributed by atoms with Gasteiger partial charge in [0.05, 0.1) is 13.2 Å². The van der Waals surface area contributed by atoms with Crippen molar-refractivity contribution in [2.45, 2.75) is 174 Å². The van der Waals surface area contributed by atoms with E-state index in [1.54, 1.807) is 7.05 Å². The molecule has 0 saturated heterocycles. The van der Waals surface area contributed by atoms with E-state index in [9.17, 15) is 19.0 Å². The summed E-state index contributed by atoms with van der Waals surface area (Å²) in [5.74, 6) is -0.852. The Bertz CT molecular complexity index is 1070. The molecule has 0 aliphatic rings. The number of carbonyl (C=O) groups excluding carboxylic acids is 2. The predicted molar refractivity (Wildman–Crippen MR) is 224 cm³/mol. The Morgan fingerprint density at radius 1 is 0.574 bits per heavy atom. The Labute approximate surface area is 330 Å². The molecule has 54 heavy (non-hydrogen) atoms. The van der Waals surface area contributed by atoms with Gasteiger partial charge in [-0.2, -0.15) is 0 Å². The third-order valence-electron chi connectivity index (χ3n) is 8.61. The summed E-state index contributed by atoms with van der Waals surface area (Å²) < 4.78 is 33.1. The number of phosphoric ester groups is 1. The summed E-state index contributed by atoms with van der Waals surface area (Å²) in [5.41, 5.74) is 0. The van der Waals surface area contributed by atoms with E-state index < -0.39 is 32.5 Å². The van der Waals surface area contributed by atoms with Crippen LogP contribution in [-0.2, 0) is 32.7 Å². The highest BCUT2D eigenvalue weighted by Gasteiger charge is 2.26. The van der Waals surface area contributed by atoms with E-state index in [-0.39, 0.29) is 26.1 Å². The zero-order chi connectivity index (χ0) is 39.6. The minimum Gasteiger partial charge on any atom is -0.462 e. The van der Waals surface area contributed by atoms with Gasteiger partial charge < -0.3 is 19.7 Å². The topological polar surface area (TPSA) is 120 Å². The van der Waals surface area contributed by atoms with Crippen molar-refractivity contribution in [3.05, 3.63) is 60.8 Å². The van der Waals surface area contributed by atoms with Gasteiger partial charge >= 0.3 is 19.8 Å². The largest absolute Gasteiger partial charge is 0.472 e. The lowest BCUT2D eigenvalue weighted by molar-refractivity contribution is -0.161. The highest BCUT2D eigenvalue weighted by atomic mass is 31.2. The number of carbonyl (C=O) groups is 2. The Morgan fingerprint density at radius 2 is 1.00 bits per heavy atom. The smallest absolute Gasteiger partial charge is 0.462 e. The van der Waals surface area contributed by atoms with E-state index in [1.165, 1.54) is 51.4 Å². The van der Waals surface area contributed by atoms with Gasteiger partial charge in [0.1, 0.15) is 6.61 Å². The number of rotatable bonds is 39. The lowest BCUT2D eigenvalue weighted by Crippen LogP contribution is -2.29. The number of likely N-dealkylation sites (N-methyl/N-ethyl adjacent to an activating group) is 1. The van der Waals surface area contributed by atoms with Crippen molar-refractivity contribution in [1.82, 2.24) is 5.32 Å². The third kappa shape index (κ3) is 39.4. The molecule has 0 aromatic heterocycles. The van der Waals surface area contributed by atoms with Crippen molar-refractivity contribution >= 4 is 19.8 Å². The molecule has 0 aliphatic carbocycles. The van der Waals surface area contributed by atoms with Crippen LogP contribution in [0.15, 0.2) is 60.8 Å². The van der Waals surface area contributed by atoms with Crippen LogP contribution in [0.5, 0.6) is 0 Å². The van der Waals surface area contributed by atoms with E-state index in [0.717, 1.165) is 77.0 Å². The highest BCUT2D eigenvalue weighted by Crippen LogP contribution is 2.43. The quantitative estimate of drug-likeness (QED) is 0.0272. The van der Waals surface area contributed by atoms with Crippen molar-refractivity contribution in [2.75, 3.05) is 33.4 Å². The van der Waals surface area contributed by atoms with Crippen LogP contribution in [0.2, 0.25) is 0 Å². The summed E-state index contributed by atoms with van der Waals surface area (Å²) in [6.07, 6.45) is 45.4. The summed E-state index contributed by atoms with van der Waals surface area (Å²) in [7, 11) is -2.67. The molecular formula is C44H78NO8P.